The molecule has 5 heteroatoms. The van der Waals surface area contributed by atoms with E-state index in [-0.39, 0.29) is 6.09 Å². The summed E-state index contributed by atoms with van der Waals surface area (Å²) >= 11 is 0. The molecule has 1 amide bonds. The highest BCUT2D eigenvalue weighted by molar-refractivity contribution is 5.68. The zero-order chi connectivity index (χ0) is 13.9. The zero-order valence-corrected chi connectivity index (χ0v) is 11.8. The second-order valence-electron chi connectivity index (χ2n) is 5.77. The van der Waals surface area contributed by atoms with Gasteiger partial charge in [0.15, 0.2) is 0 Å². The first kappa shape index (κ1) is 13.6. The van der Waals surface area contributed by atoms with Gasteiger partial charge in [-0.15, -0.1) is 0 Å². The summed E-state index contributed by atoms with van der Waals surface area (Å²) in [6, 6.07) is 0. The van der Waals surface area contributed by atoms with E-state index >= 15 is 0 Å². The summed E-state index contributed by atoms with van der Waals surface area (Å²) in [7, 11) is 0. The van der Waals surface area contributed by atoms with Crippen LogP contribution < -0.4 is 0 Å². The maximum Gasteiger partial charge on any atom is 0.410 e. The van der Waals surface area contributed by atoms with E-state index in [9.17, 15) is 4.79 Å². The predicted octanol–water partition coefficient (Wildman–Crippen LogP) is 2.45. The van der Waals surface area contributed by atoms with Gasteiger partial charge in [0, 0.05) is 32.0 Å². The molecule has 2 rings (SSSR count). The van der Waals surface area contributed by atoms with Crippen molar-refractivity contribution >= 4 is 6.09 Å². The van der Waals surface area contributed by atoms with E-state index in [2.05, 4.69) is 11.1 Å². The van der Waals surface area contributed by atoms with Gasteiger partial charge in [-0.1, -0.05) is 11.6 Å². The number of rotatable bonds is 2. The summed E-state index contributed by atoms with van der Waals surface area (Å²) in [6.45, 7) is 7.84. The number of ether oxygens (including phenoxy) is 1. The van der Waals surface area contributed by atoms with Gasteiger partial charge in [-0.05, 0) is 27.2 Å². The fourth-order valence-corrected chi connectivity index (χ4v) is 1.96. The van der Waals surface area contributed by atoms with Crippen LogP contribution in [-0.4, -0.2) is 39.2 Å². The molecule has 0 aromatic carbocycles. The molecule has 1 aliphatic heterocycles. The van der Waals surface area contributed by atoms with E-state index in [1.165, 1.54) is 5.57 Å². The molecule has 2 heterocycles. The lowest BCUT2D eigenvalue weighted by Gasteiger charge is -2.29. The van der Waals surface area contributed by atoms with E-state index in [1.807, 2.05) is 31.5 Å². The number of hydrogen-bond donors (Lipinski definition) is 0. The molecule has 1 aliphatic rings. The van der Waals surface area contributed by atoms with Crippen LogP contribution in [0.4, 0.5) is 4.79 Å². The Balaban J connectivity index is 1.87. The molecule has 1 aromatic heterocycles. The average molecular weight is 263 g/mol. The van der Waals surface area contributed by atoms with Crippen LogP contribution in [0.25, 0.3) is 0 Å². The fourth-order valence-electron chi connectivity index (χ4n) is 1.96. The van der Waals surface area contributed by atoms with Crippen molar-refractivity contribution in [2.45, 2.75) is 39.3 Å². The molecule has 0 spiro atoms. The Kier molecular flexibility index (Phi) is 3.93. The molecule has 0 bridgehead atoms. The second kappa shape index (κ2) is 5.47. The number of aromatic nitrogens is 2. The SMILES string of the molecule is CC(C)(C)OC(=O)N1CC=C(Cn2ccnc2)CC1. The normalized spacial score (nSPS) is 16.2. The molecular weight excluding hydrogens is 242 g/mol. The van der Waals surface area contributed by atoms with Crippen LogP contribution >= 0.6 is 0 Å². The predicted molar refractivity (Wildman–Crippen MR) is 72.7 cm³/mol. The molecule has 0 unspecified atom stereocenters. The van der Waals surface area contributed by atoms with Gasteiger partial charge < -0.3 is 14.2 Å². The molecule has 0 aliphatic carbocycles. The van der Waals surface area contributed by atoms with Crippen molar-refractivity contribution in [1.82, 2.24) is 14.5 Å². The van der Waals surface area contributed by atoms with Crippen LogP contribution in [0, 0.1) is 0 Å². The third-order valence-corrected chi connectivity index (χ3v) is 2.90. The van der Waals surface area contributed by atoms with E-state index in [4.69, 9.17) is 4.74 Å². The molecule has 104 valence electrons. The van der Waals surface area contributed by atoms with Gasteiger partial charge in [0.2, 0.25) is 0 Å². The van der Waals surface area contributed by atoms with Gasteiger partial charge in [-0.25, -0.2) is 9.78 Å². The molecule has 0 N–H and O–H groups in total. The van der Waals surface area contributed by atoms with Crippen LogP contribution in [0.3, 0.4) is 0 Å². The molecule has 0 atom stereocenters. The highest BCUT2D eigenvalue weighted by atomic mass is 16.6. The average Bonchev–Trinajstić information content (AvgIpc) is 2.80. The summed E-state index contributed by atoms with van der Waals surface area (Å²) in [5.74, 6) is 0. The molecule has 5 nitrogen and oxygen atoms in total. The number of carbonyl (C=O) groups is 1. The van der Waals surface area contributed by atoms with Crippen molar-refractivity contribution in [3.05, 3.63) is 30.4 Å². The van der Waals surface area contributed by atoms with Gasteiger partial charge in [0.1, 0.15) is 5.60 Å². The minimum Gasteiger partial charge on any atom is -0.444 e. The van der Waals surface area contributed by atoms with Crippen LogP contribution in [0.2, 0.25) is 0 Å². The third kappa shape index (κ3) is 4.12. The van der Waals surface area contributed by atoms with Crippen LogP contribution in [0.15, 0.2) is 30.4 Å². The first-order chi connectivity index (χ1) is 8.94. The van der Waals surface area contributed by atoms with Crippen molar-refractivity contribution < 1.29 is 9.53 Å². The minimum absolute atomic E-state index is 0.231. The lowest BCUT2D eigenvalue weighted by molar-refractivity contribution is 0.0265. The highest BCUT2D eigenvalue weighted by Crippen LogP contribution is 2.16. The Morgan fingerprint density at radius 3 is 2.79 bits per heavy atom. The standard InChI is InChI=1S/C14H21N3O2/c1-14(2,3)19-13(18)17-7-4-12(5-8-17)10-16-9-6-15-11-16/h4,6,9,11H,5,7-8,10H2,1-3H3. The van der Waals surface area contributed by atoms with E-state index in [1.54, 1.807) is 17.4 Å². The first-order valence-electron chi connectivity index (χ1n) is 6.55. The molecule has 19 heavy (non-hydrogen) atoms. The topological polar surface area (TPSA) is 47.4 Å². The number of amides is 1. The van der Waals surface area contributed by atoms with Crippen LogP contribution in [0.1, 0.15) is 27.2 Å². The summed E-state index contributed by atoms with van der Waals surface area (Å²) in [4.78, 5) is 17.7. The number of hydrogen-bond acceptors (Lipinski definition) is 3. The monoisotopic (exact) mass is 263 g/mol. The summed E-state index contributed by atoms with van der Waals surface area (Å²) in [5.41, 5.74) is 0.899. The first-order valence-corrected chi connectivity index (χ1v) is 6.55. The Morgan fingerprint density at radius 2 is 2.26 bits per heavy atom. The lowest BCUT2D eigenvalue weighted by Crippen LogP contribution is -2.39. The smallest absolute Gasteiger partial charge is 0.410 e. The van der Waals surface area contributed by atoms with Crippen LogP contribution in [0.5, 0.6) is 0 Å². The Morgan fingerprint density at radius 1 is 1.47 bits per heavy atom. The molecule has 0 saturated carbocycles. The second-order valence-corrected chi connectivity index (χ2v) is 5.77. The Hall–Kier alpha value is -1.78. The summed E-state index contributed by atoms with van der Waals surface area (Å²) < 4.78 is 7.40. The van der Waals surface area contributed by atoms with Gasteiger partial charge in [-0.2, -0.15) is 0 Å². The third-order valence-electron chi connectivity index (χ3n) is 2.90. The Bertz CT molecular complexity index is 458. The largest absolute Gasteiger partial charge is 0.444 e. The molecule has 0 saturated heterocycles. The fraction of sp³-hybridized carbons (Fsp3) is 0.571. The van der Waals surface area contributed by atoms with Crippen molar-refractivity contribution in [2.75, 3.05) is 13.1 Å². The van der Waals surface area contributed by atoms with Crippen molar-refractivity contribution in [2.24, 2.45) is 0 Å². The number of imidazole rings is 1. The lowest BCUT2D eigenvalue weighted by atomic mass is 10.1. The highest BCUT2D eigenvalue weighted by Gasteiger charge is 2.23. The maximum atomic E-state index is 11.9. The Labute approximate surface area is 113 Å². The van der Waals surface area contributed by atoms with Gasteiger partial charge in [0.05, 0.1) is 6.33 Å². The molecular formula is C14H21N3O2. The maximum absolute atomic E-state index is 11.9. The van der Waals surface area contributed by atoms with Crippen LogP contribution in [-0.2, 0) is 11.3 Å². The summed E-state index contributed by atoms with van der Waals surface area (Å²) in [6.07, 6.45) is 8.29. The van der Waals surface area contributed by atoms with Crippen molar-refractivity contribution in [3.8, 4) is 0 Å². The van der Waals surface area contributed by atoms with Gasteiger partial charge >= 0.3 is 6.09 Å². The molecule has 1 aromatic rings. The molecule has 0 radical (unpaired) electrons. The van der Waals surface area contributed by atoms with E-state index < -0.39 is 5.60 Å². The molecule has 0 fully saturated rings. The van der Waals surface area contributed by atoms with Gasteiger partial charge in [0.25, 0.3) is 0 Å². The number of nitrogens with zero attached hydrogens (tertiary/aromatic N) is 3. The number of carbonyl (C=O) groups excluding carboxylic acids is 1. The zero-order valence-electron chi connectivity index (χ0n) is 11.8. The quantitative estimate of drug-likeness (QED) is 0.770. The van der Waals surface area contributed by atoms with E-state index in [0.717, 1.165) is 19.5 Å². The van der Waals surface area contributed by atoms with Gasteiger partial charge in [-0.3, -0.25) is 0 Å². The van der Waals surface area contributed by atoms with Crippen molar-refractivity contribution in [3.63, 3.8) is 0 Å². The summed E-state index contributed by atoms with van der Waals surface area (Å²) in [5, 5.41) is 0. The minimum atomic E-state index is -0.433. The van der Waals surface area contributed by atoms with E-state index in [0.29, 0.717) is 6.54 Å². The van der Waals surface area contributed by atoms with Crippen molar-refractivity contribution in [1.29, 1.82) is 0 Å².